The molecule has 1 aliphatic rings. The van der Waals surface area contributed by atoms with Gasteiger partial charge in [-0.1, -0.05) is 6.07 Å². The molecule has 2 aromatic heterocycles. The smallest absolute Gasteiger partial charge is 0.200 e. The van der Waals surface area contributed by atoms with Crippen LogP contribution in [0.4, 0.5) is 5.69 Å². The fourth-order valence-electron chi connectivity index (χ4n) is 2.85. The first-order valence-electron chi connectivity index (χ1n) is 7.97. The van der Waals surface area contributed by atoms with Crippen molar-refractivity contribution in [2.45, 2.75) is 26.8 Å². The Hall–Kier alpha value is -2.83. The molecule has 0 fully saturated rings. The fraction of sp³-hybridized carbons (Fsp3) is 0.353. The number of anilines is 1. The Morgan fingerprint density at radius 1 is 1.17 bits per heavy atom. The van der Waals surface area contributed by atoms with Gasteiger partial charge in [0, 0.05) is 6.04 Å². The molecule has 1 atom stereocenters. The average Bonchev–Trinajstić information content (AvgIpc) is 3.06. The van der Waals surface area contributed by atoms with Crippen molar-refractivity contribution < 1.29 is 9.47 Å². The summed E-state index contributed by atoms with van der Waals surface area (Å²) in [4.78, 5) is 0. The van der Waals surface area contributed by atoms with Crippen LogP contribution in [0.15, 0.2) is 24.5 Å². The van der Waals surface area contributed by atoms with Gasteiger partial charge in [-0.05, 0) is 44.0 Å². The topological polar surface area (TPSA) is 73.6 Å². The van der Waals surface area contributed by atoms with Crippen LogP contribution < -0.4 is 14.8 Å². The van der Waals surface area contributed by atoms with Crippen LogP contribution in [0, 0.1) is 13.8 Å². The molecule has 0 spiro atoms. The van der Waals surface area contributed by atoms with Crippen molar-refractivity contribution in [1.82, 2.24) is 19.8 Å². The standard InChI is InChI=1S/C17H19N5O2/c1-10-11(2)21-22-9-18-20-17(22)16(10)19-12(3)13-4-5-14-15(8-13)24-7-6-23-14/h4-5,8-9,12,19H,6-7H2,1-3H3. The van der Waals surface area contributed by atoms with Crippen molar-refractivity contribution in [3.63, 3.8) is 0 Å². The third-order valence-electron chi connectivity index (χ3n) is 4.36. The van der Waals surface area contributed by atoms with Crippen molar-refractivity contribution in [1.29, 1.82) is 0 Å². The van der Waals surface area contributed by atoms with Crippen LogP contribution in [0.1, 0.15) is 29.8 Å². The largest absolute Gasteiger partial charge is 0.486 e. The van der Waals surface area contributed by atoms with Gasteiger partial charge >= 0.3 is 0 Å². The molecule has 7 nitrogen and oxygen atoms in total. The van der Waals surface area contributed by atoms with Gasteiger partial charge in [0.2, 0.25) is 5.65 Å². The second-order valence-electron chi connectivity index (χ2n) is 5.95. The van der Waals surface area contributed by atoms with Gasteiger partial charge in [-0.3, -0.25) is 0 Å². The Morgan fingerprint density at radius 2 is 1.96 bits per heavy atom. The van der Waals surface area contributed by atoms with E-state index in [1.54, 1.807) is 10.8 Å². The van der Waals surface area contributed by atoms with Crippen molar-refractivity contribution >= 4 is 11.3 Å². The van der Waals surface area contributed by atoms with E-state index in [0.717, 1.165) is 39.7 Å². The number of fused-ring (bicyclic) bond motifs is 2. The third kappa shape index (κ3) is 2.42. The molecular formula is C17H19N5O2. The van der Waals surface area contributed by atoms with Crippen LogP contribution in [-0.4, -0.2) is 33.0 Å². The van der Waals surface area contributed by atoms with Crippen LogP contribution in [-0.2, 0) is 0 Å². The minimum Gasteiger partial charge on any atom is -0.486 e. The van der Waals surface area contributed by atoms with Crippen LogP contribution in [0.2, 0.25) is 0 Å². The molecule has 0 saturated heterocycles. The van der Waals surface area contributed by atoms with Gasteiger partial charge in [0.05, 0.1) is 11.4 Å². The maximum atomic E-state index is 5.68. The van der Waals surface area contributed by atoms with Crippen molar-refractivity contribution in [2.75, 3.05) is 18.5 Å². The van der Waals surface area contributed by atoms with Gasteiger partial charge in [-0.15, -0.1) is 10.2 Å². The molecule has 7 heteroatoms. The molecule has 0 aliphatic carbocycles. The molecule has 124 valence electrons. The summed E-state index contributed by atoms with van der Waals surface area (Å²) >= 11 is 0. The summed E-state index contributed by atoms with van der Waals surface area (Å²) in [6, 6.07) is 6.10. The van der Waals surface area contributed by atoms with E-state index in [-0.39, 0.29) is 6.04 Å². The zero-order chi connectivity index (χ0) is 16.7. The highest BCUT2D eigenvalue weighted by molar-refractivity contribution is 5.71. The highest BCUT2D eigenvalue weighted by Crippen LogP contribution is 2.34. The Balaban J connectivity index is 1.68. The Kier molecular flexibility index (Phi) is 3.48. The van der Waals surface area contributed by atoms with E-state index in [4.69, 9.17) is 9.47 Å². The lowest BCUT2D eigenvalue weighted by molar-refractivity contribution is 0.171. The second-order valence-corrected chi connectivity index (χ2v) is 5.95. The maximum Gasteiger partial charge on any atom is 0.200 e. The Bertz CT molecular complexity index is 905. The van der Waals surface area contributed by atoms with Gasteiger partial charge in [-0.25, -0.2) is 0 Å². The zero-order valence-corrected chi connectivity index (χ0v) is 13.9. The van der Waals surface area contributed by atoms with Gasteiger partial charge in [0.15, 0.2) is 11.5 Å². The quantitative estimate of drug-likeness (QED) is 0.798. The van der Waals surface area contributed by atoms with Crippen LogP contribution in [0.25, 0.3) is 5.65 Å². The monoisotopic (exact) mass is 325 g/mol. The fourth-order valence-corrected chi connectivity index (χ4v) is 2.85. The number of aryl methyl sites for hydroxylation is 1. The molecule has 1 N–H and O–H groups in total. The third-order valence-corrected chi connectivity index (χ3v) is 4.36. The molecule has 1 aliphatic heterocycles. The molecule has 0 amide bonds. The van der Waals surface area contributed by atoms with E-state index in [9.17, 15) is 0 Å². The number of ether oxygens (including phenoxy) is 2. The molecule has 24 heavy (non-hydrogen) atoms. The van der Waals surface area contributed by atoms with E-state index >= 15 is 0 Å². The molecule has 0 saturated carbocycles. The molecule has 3 heterocycles. The molecule has 1 aromatic carbocycles. The lowest BCUT2D eigenvalue weighted by Crippen LogP contribution is -2.16. The Morgan fingerprint density at radius 3 is 2.79 bits per heavy atom. The summed E-state index contributed by atoms with van der Waals surface area (Å²) in [6.07, 6.45) is 1.61. The lowest BCUT2D eigenvalue weighted by atomic mass is 10.1. The first-order chi connectivity index (χ1) is 11.6. The number of benzene rings is 1. The van der Waals surface area contributed by atoms with Gasteiger partial charge < -0.3 is 14.8 Å². The van der Waals surface area contributed by atoms with E-state index in [0.29, 0.717) is 13.2 Å². The van der Waals surface area contributed by atoms with Crippen LogP contribution in [0.3, 0.4) is 0 Å². The summed E-state index contributed by atoms with van der Waals surface area (Å²) in [5.41, 5.74) is 4.80. The summed E-state index contributed by atoms with van der Waals surface area (Å²) in [6.45, 7) is 7.31. The lowest BCUT2D eigenvalue weighted by Gasteiger charge is -2.22. The number of aromatic nitrogens is 4. The highest BCUT2D eigenvalue weighted by atomic mass is 16.6. The van der Waals surface area contributed by atoms with Gasteiger partial charge in [-0.2, -0.15) is 9.61 Å². The average molecular weight is 325 g/mol. The number of rotatable bonds is 3. The maximum absolute atomic E-state index is 5.68. The molecule has 1 unspecified atom stereocenters. The van der Waals surface area contributed by atoms with E-state index < -0.39 is 0 Å². The normalized spacial score (nSPS) is 14.6. The Labute approximate surface area is 139 Å². The minimum atomic E-state index is 0.0711. The van der Waals surface area contributed by atoms with Crippen LogP contribution >= 0.6 is 0 Å². The van der Waals surface area contributed by atoms with Crippen LogP contribution in [0.5, 0.6) is 11.5 Å². The summed E-state index contributed by atoms with van der Waals surface area (Å²) in [7, 11) is 0. The van der Waals surface area contributed by atoms with E-state index in [1.165, 1.54) is 0 Å². The highest BCUT2D eigenvalue weighted by Gasteiger charge is 2.17. The van der Waals surface area contributed by atoms with Crippen molar-refractivity contribution in [3.8, 4) is 11.5 Å². The molecule has 3 aromatic rings. The van der Waals surface area contributed by atoms with Gasteiger partial charge in [0.25, 0.3) is 0 Å². The number of hydrogen-bond donors (Lipinski definition) is 1. The second kappa shape index (κ2) is 5.67. The zero-order valence-electron chi connectivity index (χ0n) is 13.9. The van der Waals surface area contributed by atoms with Crippen molar-refractivity contribution in [3.05, 3.63) is 41.3 Å². The first-order valence-corrected chi connectivity index (χ1v) is 7.97. The SMILES string of the molecule is Cc1nn2cnnc2c(NC(C)c2ccc3c(c2)OCCO3)c1C. The molecule has 4 rings (SSSR count). The number of nitrogens with zero attached hydrogens (tertiary/aromatic N) is 4. The predicted octanol–water partition coefficient (Wildman–Crippen LogP) is 2.69. The predicted molar refractivity (Wildman–Crippen MR) is 89.7 cm³/mol. The summed E-state index contributed by atoms with van der Waals surface area (Å²) in [5.74, 6) is 1.59. The summed E-state index contributed by atoms with van der Waals surface area (Å²) < 4.78 is 13.0. The number of nitrogens with one attached hydrogen (secondary N) is 1. The molecule has 0 bridgehead atoms. The first kappa shape index (κ1) is 14.7. The molecular weight excluding hydrogens is 306 g/mol. The van der Waals surface area contributed by atoms with Crippen molar-refractivity contribution in [2.24, 2.45) is 0 Å². The minimum absolute atomic E-state index is 0.0711. The summed E-state index contributed by atoms with van der Waals surface area (Å²) in [5, 5.41) is 16.1. The van der Waals surface area contributed by atoms with E-state index in [1.807, 2.05) is 26.0 Å². The molecule has 0 radical (unpaired) electrons. The number of hydrogen-bond acceptors (Lipinski definition) is 6. The van der Waals surface area contributed by atoms with E-state index in [2.05, 4.69) is 33.6 Å². The van der Waals surface area contributed by atoms with Gasteiger partial charge in [0.1, 0.15) is 19.5 Å².